The van der Waals surface area contributed by atoms with Crippen LogP contribution in [0.2, 0.25) is 0 Å². The van der Waals surface area contributed by atoms with Crippen LogP contribution in [0.1, 0.15) is 17.0 Å². The maximum Gasteiger partial charge on any atom is 0.266 e. The van der Waals surface area contributed by atoms with Gasteiger partial charge >= 0.3 is 0 Å². The number of nitrogens with one attached hydrogen (secondary N) is 2. The number of aromatic amines is 2. The molecule has 0 radical (unpaired) electrons. The van der Waals surface area contributed by atoms with Gasteiger partial charge in [0.1, 0.15) is 23.1 Å². The number of hydrogen-bond donors (Lipinski definition) is 2. The van der Waals surface area contributed by atoms with E-state index in [1.165, 1.54) is 4.90 Å². The zero-order chi connectivity index (χ0) is 19.8. The molecule has 4 rings (SSSR count). The number of halogens is 2. The van der Waals surface area contributed by atoms with E-state index < -0.39 is 22.8 Å². The number of rotatable bonds is 3. The summed E-state index contributed by atoms with van der Waals surface area (Å²) < 4.78 is 32.4. The number of hydrogen-bond acceptors (Lipinski definition) is 5. The van der Waals surface area contributed by atoms with Gasteiger partial charge in [-0.1, -0.05) is 0 Å². The normalized spacial score (nSPS) is 13.4. The van der Waals surface area contributed by atoms with E-state index in [0.717, 1.165) is 24.3 Å². The van der Waals surface area contributed by atoms with Crippen molar-refractivity contribution in [1.29, 1.82) is 0 Å². The third kappa shape index (κ3) is 3.48. The summed E-state index contributed by atoms with van der Waals surface area (Å²) in [6, 6.07) is 4.06. The third-order valence-corrected chi connectivity index (χ3v) is 4.43. The van der Waals surface area contributed by atoms with E-state index in [4.69, 9.17) is 4.42 Å². The van der Waals surface area contributed by atoms with Crippen LogP contribution in [0.5, 0.6) is 0 Å². The monoisotopic (exact) mass is 388 g/mol. The molecule has 28 heavy (non-hydrogen) atoms. The minimum Gasteiger partial charge on any atom is -0.441 e. The van der Waals surface area contributed by atoms with Gasteiger partial charge in [-0.05, 0) is 12.1 Å². The molecule has 2 aromatic heterocycles. The highest BCUT2D eigenvalue weighted by molar-refractivity contribution is 5.78. The van der Waals surface area contributed by atoms with Crippen LogP contribution in [0.25, 0.3) is 11.5 Å². The summed E-state index contributed by atoms with van der Waals surface area (Å²) >= 11 is 0. The number of carbonyl (C=O) groups is 1. The molecule has 144 valence electrons. The fourth-order valence-corrected chi connectivity index (χ4v) is 3.08. The first-order valence-corrected chi connectivity index (χ1v) is 8.43. The number of amides is 1. The van der Waals surface area contributed by atoms with Crippen LogP contribution < -0.4 is 11.1 Å². The summed E-state index contributed by atoms with van der Waals surface area (Å²) in [5.41, 5.74) is -0.330. The van der Waals surface area contributed by atoms with Crippen LogP contribution in [0.4, 0.5) is 8.78 Å². The second kappa shape index (κ2) is 6.87. The molecule has 10 heteroatoms. The molecule has 8 nitrogen and oxygen atoms in total. The van der Waals surface area contributed by atoms with Crippen LogP contribution in [-0.2, 0) is 24.2 Å². The average Bonchev–Trinajstić information content (AvgIpc) is 3.07. The van der Waals surface area contributed by atoms with Gasteiger partial charge in [0.2, 0.25) is 11.8 Å². The Kier molecular flexibility index (Phi) is 4.38. The van der Waals surface area contributed by atoms with Crippen LogP contribution in [0.3, 0.4) is 0 Å². The quantitative estimate of drug-likeness (QED) is 0.698. The van der Waals surface area contributed by atoms with Crippen molar-refractivity contribution in [2.75, 3.05) is 6.54 Å². The van der Waals surface area contributed by atoms with E-state index in [9.17, 15) is 23.2 Å². The van der Waals surface area contributed by atoms with Crippen molar-refractivity contribution in [3.63, 3.8) is 0 Å². The minimum atomic E-state index is -0.744. The van der Waals surface area contributed by atoms with Crippen LogP contribution >= 0.6 is 0 Å². The van der Waals surface area contributed by atoms with Crippen molar-refractivity contribution in [3.05, 3.63) is 73.6 Å². The molecule has 0 aliphatic carbocycles. The van der Waals surface area contributed by atoms with Crippen LogP contribution in [0.15, 0.2) is 38.3 Å². The van der Waals surface area contributed by atoms with E-state index in [-0.39, 0.29) is 35.9 Å². The molecule has 0 fully saturated rings. The second-order valence-corrected chi connectivity index (χ2v) is 6.40. The predicted molar refractivity (Wildman–Crippen MR) is 92.4 cm³/mol. The van der Waals surface area contributed by atoms with Crippen molar-refractivity contribution in [3.8, 4) is 11.5 Å². The molecular formula is C18H14F2N4O4. The maximum absolute atomic E-state index is 13.4. The molecule has 0 saturated heterocycles. The average molecular weight is 388 g/mol. The zero-order valence-corrected chi connectivity index (χ0v) is 14.4. The summed E-state index contributed by atoms with van der Waals surface area (Å²) in [5, 5.41) is 4.31. The Morgan fingerprint density at radius 2 is 1.89 bits per heavy atom. The fraction of sp³-hybridized carbons (Fsp3) is 0.222. The van der Waals surface area contributed by atoms with Gasteiger partial charge in [0, 0.05) is 36.2 Å². The summed E-state index contributed by atoms with van der Waals surface area (Å²) in [6.07, 6.45) is 0.145. The number of benzene rings is 1. The topological polar surface area (TPSA) is 112 Å². The third-order valence-electron chi connectivity index (χ3n) is 4.43. The van der Waals surface area contributed by atoms with Crippen molar-refractivity contribution < 1.29 is 18.0 Å². The number of H-pyrrole nitrogens is 2. The number of nitrogens with zero attached hydrogens (tertiary/aromatic N) is 2. The van der Waals surface area contributed by atoms with Crippen LogP contribution in [0, 0.1) is 11.6 Å². The van der Waals surface area contributed by atoms with Crippen molar-refractivity contribution in [1.82, 2.24) is 20.1 Å². The van der Waals surface area contributed by atoms with E-state index >= 15 is 0 Å². The predicted octanol–water partition coefficient (Wildman–Crippen LogP) is 1.12. The molecule has 3 aromatic rings. The molecule has 1 aliphatic heterocycles. The lowest BCUT2D eigenvalue weighted by atomic mass is 10.1. The first kappa shape index (κ1) is 17.8. The molecule has 0 spiro atoms. The minimum absolute atomic E-state index is 0.0654. The summed E-state index contributed by atoms with van der Waals surface area (Å²) in [7, 11) is 0. The second-order valence-electron chi connectivity index (χ2n) is 6.40. The van der Waals surface area contributed by atoms with Crippen molar-refractivity contribution >= 4 is 5.91 Å². The van der Waals surface area contributed by atoms with Crippen molar-refractivity contribution in [2.45, 2.75) is 19.4 Å². The summed E-state index contributed by atoms with van der Waals surface area (Å²) in [4.78, 5) is 41.3. The molecule has 0 atom stereocenters. The number of carbonyl (C=O) groups excluding carboxylic acids is 1. The summed E-state index contributed by atoms with van der Waals surface area (Å²) in [6.45, 7) is 0.468. The lowest BCUT2D eigenvalue weighted by molar-refractivity contribution is -0.131. The van der Waals surface area contributed by atoms with Gasteiger partial charge < -0.3 is 9.32 Å². The Balaban J connectivity index is 1.54. The Morgan fingerprint density at radius 3 is 2.64 bits per heavy atom. The smallest absolute Gasteiger partial charge is 0.266 e. The molecule has 2 N–H and O–H groups in total. The van der Waals surface area contributed by atoms with Crippen LogP contribution in [-0.4, -0.2) is 32.5 Å². The largest absolute Gasteiger partial charge is 0.441 e. The van der Waals surface area contributed by atoms with E-state index in [2.05, 4.69) is 15.2 Å². The molecule has 0 saturated carbocycles. The lowest BCUT2D eigenvalue weighted by Gasteiger charge is -2.25. The number of fused-ring (bicyclic) bond motifs is 1. The first-order valence-electron chi connectivity index (χ1n) is 8.43. The zero-order valence-electron chi connectivity index (χ0n) is 14.4. The van der Waals surface area contributed by atoms with Gasteiger partial charge in [-0.25, -0.2) is 13.8 Å². The Bertz CT molecular complexity index is 1160. The van der Waals surface area contributed by atoms with Gasteiger partial charge in [-0.3, -0.25) is 24.6 Å². The van der Waals surface area contributed by atoms with E-state index in [0.29, 0.717) is 24.4 Å². The first-order chi connectivity index (χ1) is 13.4. The van der Waals surface area contributed by atoms with Gasteiger partial charge in [0.15, 0.2) is 0 Å². The van der Waals surface area contributed by atoms with Gasteiger partial charge in [-0.2, -0.15) is 0 Å². The van der Waals surface area contributed by atoms with Gasteiger partial charge in [-0.15, -0.1) is 0 Å². The Morgan fingerprint density at radius 1 is 1.14 bits per heavy atom. The lowest BCUT2D eigenvalue weighted by Crippen LogP contribution is -2.38. The van der Waals surface area contributed by atoms with E-state index in [1.807, 2.05) is 0 Å². The number of oxazole rings is 1. The molecular weight excluding hydrogens is 374 g/mol. The number of aromatic nitrogens is 3. The van der Waals surface area contributed by atoms with Crippen molar-refractivity contribution in [2.24, 2.45) is 0 Å². The highest BCUT2D eigenvalue weighted by atomic mass is 19.1. The molecule has 1 aliphatic rings. The molecule has 0 bridgehead atoms. The van der Waals surface area contributed by atoms with Gasteiger partial charge in [0.05, 0.1) is 13.0 Å². The molecule has 3 heterocycles. The highest BCUT2D eigenvalue weighted by Crippen LogP contribution is 2.27. The fourth-order valence-electron chi connectivity index (χ4n) is 3.08. The Hall–Kier alpha value is -3.56. The maximum atomic E-state index is 13.4. The Labute approximate surface area is 155 Å². The SMILES string of the molecule is O=C(Cc1cc(=O)[nH][nH]c1=O)N1CCc2oc(-c3cc(F)cc(F)c3)nc2C1. The summed E-state index contributed by atoms with van der Waals surface area (Å²) in [5.74, 6) is -1.22. The van der Waals surface area contributed by atoms with Gasteiger partial charge in [0.25, 0.3) is 11.1 Å². The standard InChI is InChI=1S/C18H14F2N4O4/c19-11-3-10(4-12(20)7-11)18-21-13-8-24(2-1-14(13)28-18)16(26)6-9-5-15(25)22-23-17(9)27/h3-5,7H,1-2,6,8H2,(H,22,25)(H,23,27). The highest BCUT2D eigenvalue weighted by Gasteiger charge is 2.26. The molecule has 0 unspecified atom stereocenters. The molecule has 1 amide bonds. The van der Waals surface area contributed by atoms with E-state index in [1.54, 1.807) is 0 Å². The molecule has 1 aromatic carbocycles.